The average molecular weight is 452 g/mol. The number of benzene rings is 2. The highest BCUT2D eigenvalue weighted by Gasteiger charge is 2.16. The fraction of sp³-hybridized carbons (Fsp3) is 0.360. The molecule has 0 radical (unpaired) electrons. The first-order valence-electron chi connectivity index (χ1n) is 11.1. The van der Waals surface area contributed by atoms with E-state index in [-0.39, 0.29) is 6.54 Å². The number of aliphatic imine (C=N–C) groups is 2. The van der Waals surface area contributed by atoms with Crippen molar-refractivity contribution in [2.75, 3.05) is 45.1 Å². The number of ether oxygens (including phenoxy) is 2. The minimum Gasteiger partial charge on any atom is -0.439 e. The highest BCUT2D eigenvalue weighted by Crippen LogP contribution is 2.34. The average Bonchev–Trinajstić information content (AvgIpc) is 2.82. The maximum absolute atomic E-state index is 10.1. The molecule has 1 unspecified atom stereocenters. The van der Waals surface area contributed by atoms with Gasteiger partial charge in [-0.1, -0.05) is 18.2 Å². The van der Waals surface area contributed by atoms with Crippen LogP contribution in [-0.4, -0.2) is 62.0 Å². The van der Waals surface area contributed by atoms with E-state index in [1.54, 1.807) is 12.1 Å². The Balaban J connectivity index is 1.96. The maximum atomic E-state index is 10.1. The number of hydrogen-bond acceptors (Lipinski definition) is 8. The summed E-state index contributed by atoms with van der Waals surface area (Å²) in [6, 6.07) is 11.4. The Kier molecular flexibility index (Phi) is 8.59. The molecule has 1 aliphatic rings. The lowest BCUT2D eigenvalue weighted by Gasteiger charge is -2.28. The summed E-state index contributed by atoms with van der Waals surface area (Å²) in [4.78, 5) is 10.8. The van der Waals surface area contributed by atoms with Crippen LogP contribution in [0.4, 0.5) is 5.69 Å². The molecule has 0 spiro atoms. The number of aliphatic hydroxyl groups is 1. The van der Waals surface area contributed by atoms with Gasteiger partial charge in [-0.05, 0) is 49.4 Å². The Bertz CT molecular complexity index is 1030. The Hall–Kier alpha value is -3.20. The molecule has 33 heavy (non-hydrogen) atoms. The van der Waals surface area contributed by atoms with Crippen LogP contribution in [0.1, 0.15) is 24.2 Å². The number of rotatable bonds is 8. The molecule has 1 heterocycles. The smallest absolute Gasteiger partial charge is 0.218 e. The third-order valence-corrected chi connectivity index (χ3v) is 5.45. The summed E-state index contributed by atoms with van der Waals surface area (Å²) in [5, 5.41) is 10.1. The van der Waals surface area contributed by atoms with Gasteiger partial charge in [-0.2, -0.15) is 0 Å². The predicted molar refractivity (Wildman–Crippen MR) is 134 cm³/mol. The zero-order chi connectivity index (χ0) is 23.8. The molecule has 176 valence electrons. The summed E-state index contributed by atoms with van der Waals surface area (Å²) >= 11 is 0. The van der Waals surface area contributed by atoms with E-state index in [1.165, 1.54) is 0 Å². The zero-order valence-corrected chi connectivity index (χ0v) is 19.3. The van der Waals surface area contributed by atoms with Crippen molar-refractivity contribution in [1.82, 2.24) is 4.90 Å². The molecule has 0 aromatic heterocycles. The van der Waals surface area contributed by atoms with E-state index < -0.39 is 6.10 Å². The van der Waals surface area contributed by atoms with Gasteiger partial charge in [0.1, 0.15) is 11.6 Å². The van der Waals surface area contributed by atoms with E-state index in [2.05, 4.69) is 21.6 Å². The number of nitrogen functional groups attached to an aromatic ring is 1. The van der Waals surface area contributed by atoms with Gasteiger partial charge in [0.2, 0.25) is 5.90 Å². The van der Waals surface area contributed by atoms with E-state index in [1.807, 2.05) is 44.2 Å². The second-order valence-electron chi connectivity index (χ2n) is 7.75. The van der Waals surface area contributed by atoms with Crippen molar-refractivity contribution in [3.63, 3.8) is 0 Å². The van der Waals surface area contributed by atoms with Gasteiger partial charge < -0.3 is 30.9 Å². The van der Waals surface area contributed by atoms with Gasteiger partial charge in [0.25, 0.3) is 0 Å². The summed E-state index contributed by atoms with van der Waals surface area (Å²) in [6.07, 6.45) is 1.10. The second-order valence-corrected chi connectivity index (χ2v) is 7.75. The van der Waals surface area contributed by atoms with Crippen molar-refractivity contribution in [2.24, 2.45) is 15.7 Å². The Labute approximate surface area is 195 Å². The quantitative estimate of drug-likeness (QED) is 0.323. The number of hydrogen-bond donors (Lipinski definition) is 3. The molecule has 3 rings (SSSR count). The summed E-state index contributed by atoms with van der Waals surface area (Å²) in [5.41, 5.74) is 15.8. The normalized spacial score (nSPS) is 15.9. The number of aliphatic hydroxyl groups excluding tert-OH is 1. The third kappa shape index (κ3) is 6.19. The van der Waals surface area contributed by atoms with Crippen LogP contribution in [0.15, 0.2) is 58.3 Å². The molecule has 1 fully saturated rings. The fourth-order valence-electron chi connectivity index (χ4n) is 3.72. The predicted octanol–water partition coefficient (Wildman–Crippen LogP) is 2.91. The first-order chi connectivity index (χ1) is 16.0. The second kappa shape index (κ2) is 11.6. The van der Waals surface area contributed by atoms with Crippen molar-refractivity contribution < 1.29 is 14.6 Å². The van der Waals surface area contributed by atoms with E-state index in [0.717, 1.165) is 35.3 Å². The molecule has 1 atom stereocenters. The van der Waals surface area contributed by atoms with Gasteiger partial charge >= 0.3 is 0 Å². The maximum Gasteiger partial charge on any atom is 0.218 e. The van der Waals surface area contributed by atoms with Crippen LogP contribution < -0.4 is 16.2 Å². The summed E-state index contributed by atoms with van der Waals surface area (Å²) in [5.74, 6) is 1.69. The number of anilines is 1. The van der Waals surface area contributed by atoms with Crippen molar-refractivity contribution in [2.45, 2.75) is 20.0 Å². The summed E-state index contributed by atoms with van der Waals surface area (Å²) in [7, 11) is 0. The van der Waals surface area contributed by atoms with Crippen molar-refractivity contribution in [1.29, 1.82) is 0 Å². The van der Waals surface area contributed by atoms with Crippen LogP contribution in [-0.2, 0) is 4.74 Å². The lowest BCUT2D eigenvalue weighted by Crippen LogP contribution is -2.35. The van der Waals surface area contributed by atoms with Crippen molar-refractivity contribution in [3.05, 3.63) is 59.4 Å². The molecular formula is C25H33N5O3. The Morgan fingerprint density at radius 3 is 2.67 bits per heavy atom. The number of nitrogens with zero attached hydrogens (tertiary/aromatic N) is 3. The molecule has 1 saturated heterocycles. The highest BCUT2D eigenvalue weighted by molar-refractivity contribution is 5.92. The molecule has 2 aromatic carbocycles. The molecule has 5 N–H and O–H groups in total. The molecule has 0 bridgehead atoms. The van der Waals surface area contributed by atoms with Crippen LogP contribution >= 0.6 is 0 Å². The monoisotopic (exact) mass is 451 g/mol. The molecule has 2 aromatic rings. The molecule has 0 saturated carbocycles. The molecule has 1 aliphatic heterocycles. The van der Waals surface area contributed by atoms with Crippen molar-refractivity contribution >= 4 is 18.3 Å². The van der Waals surface area contributed by atoms with Crippen LogP contribution in [0.2, 0.25) is 0 Å². The minimum atomic E-state index is -0.695. The van der Waals surface area contributed by atoms with Crippen LogP contribution in [0.3, 0.4) is 0 Å². The van der Waals surface area contributed by atoms with Crippen LogP contribution in [0.25, 0.3) is 11.1 Å². The van der Waals surface area contributed by atoms with Crippen LogP contribution in [0.5, 0.6) is 5.75 Å². The lowest BCUT2D eigenvalue weighted by atomic mass is 9.96. The van der Waals surface area contributed by atoms with E-state index in [0.29, 0.717) is 42.9 Å². The molecule has 0 aliphatic carbocycles. The standard InChI is InChI=1S/C25H33N5O3/c1-4-29-25(15-24(28-3)30-9-11-32-12-10-30)33-23-14-19(27)6-8-21(23)18-5-7-20(17(2)13-18)22(31)16-26/h5-8,13-15,22,31H,3-4,9-12,16,26-27H2,1-2H3/b24-15+,29-25+. The van der Waals surface area contributed by atoms with Gasteiger partial charge in [-0.25, -0.2) is 4.99 Å². The summed E-state index contributed by atoms with van der Waals surface area (Å²) < 4.78 is 11.7. The van der Waals surface area contributed by atoms with E-state index in [4.69, 9.17) is 20.9 Å². The first-order valence-corrected chi connectivity index (χ1v) is 11.1. The molecule has 8 heteroatoms. The number of aryl methyl sites for hydroxylation is 1. The fourth-order valence-corrected chi connectivity index (χ4v) is 3.72. The molecule has 0 amide bonds. The van der Waals surface area contributed by atoms with E-state index in [9.17, 15) is 5.11 Å². The van der Waals surface area contributed by atoms with Gasteiger partial charge in [-0.15, -0.1) is 0 Å². The van der Waals surface area contributed by atoms with Crippen LogP contribution in [0, 0.1) is 6.92 Å². The lowest BCUT2D eigenvalue weighted by molar-refractivity contribution is 0.0532. The SMILES string of the molecule is C=N/C(=C\C(=N/CC)Oc1cc(N)ccc1-c1ccc(C(O)CN)c(C)c1)N1CCOCC1. The van der Waals surface area contributed by atoms with Gasteiger partial charge in [-0.3, -0.25) is 4.99 Å². The Morgan fingerprint density at radius 2 is 2.03 bits per heavy atom. The number of morpholine rings is 1. The van der Waals surface area contributed by atoms with Crippen molar-refractivity contribution in [3.8, 4) is 16.9 Å². The van der Waals surface area contributed by atoms with Gasteiger partial charge in [0.15, 0.2) is 0 Å². The topological polar surface area (TPSA) is 119 Å². The molecule has 8 nitrogen and oxygen atoms in total. The summed E-state index contributed by atoms with van der Waals surface area (Å²) in [6.45, 7) is 11.1. The van der Waals surface area contributed by atoms with Gasteiger partial charge in [0.05, 0.1) is 19.3 Å². The largest absolute Gasteiger partial charge is 0.439 e. The number of nitrogens with two attached hydrogens (primary N) is 2. The third-order valence-electron chi connectivity index (χ3n) is 5.45. The molecular weight excluding hydrogens is 418 g/mol. The van der Waals surface area contributed by atoms with E-state index >= 15 is 0 Å². The first kappa shape index (κ1) is 24.4. The highest BCUT2D eigenvalue weighted by atomic mass is 16.5. The zero-order valence-electron chi connectivity index (χ0n) is 19.3. The van der Waals surface area contributed by atoms with Gasteiger partial charge in [0, 0.05) is 49.6 Å². The Morgan fingerprint density at radius 1 is 1.27 bits per heavy atom. The minimum absolute atomic E-state index is 0.169.